The predicted molar refractivity (Wildman–Crippen MR) is 111 cm³/mol. The number of rotatable bonds is 6. The van der Waals surface area contributed by atoms with Gasteiger partial charge in [0, 0.05) is 12.3 Å². The molecule has 1 aliphatic rings. The molecular formula is C18H32BrN3O3S. The van der Waals surface area contributed by atoms with E-state index in [-0.39, 0.29) is 12.1 Å². The molecule has 1 atom stereocenters. The van der Waals surface area contributed by atoms with Gasteiger partial charge in [-0.3, -0.25) is 9.47 Å². The summed E-state index contributed by atoms with van der Waals surface area (Å²) < 4.78 is 14.3. The Kier molecular flexibility index (Phi) is 7.07. The van der Waals surface area contributed by atoms with Crippen LogP contribution in [-0.4, -0.2) is 63.8 Å². The van der Waals surface area contributed by atoms with Crippen LogP contribution in [0, 0.1) is 0 Å². The molecule has 1 aliphatic heterocycles. The second-order valence-corrected chi connectivity index (χ2v) is 13.9. The van der Waals surface area contributed by atoms with Crippen molar-refractivity contribution in [1.82, 2.24) is 14.5 Å². The largest absolute Gasteiger partial charge is 0.444 e. The van der Waals surface area contributed by atoms with Gasteiger partial charge in [0.1, 0.15) is 22.8 Å². The fraction of sp³-hybridized carbons (Fsp3) is 0.778. The fourth-order valence-corrected chi connectivity index (χ4v) is 3.81. The summed E-state index contributed by atoms with van der Waals surface area (Å²) in [6, 6.07) is -0.0759. The van der Waals surface area contributed by atoms with Gasteiger partial charge in [-0.15, -0.1) is 0 Å². The maximum Gasteiger partial charge on any atom is 0.410 e. The summed E-state index contributed by atoms with van der Waals surface area (Å²) in [7, 11) is -0.570. The molecule has 26 heavy (non-hydrogen) atoms. The number of amides is 1. The maximum absolute atomic E-state index is 12.6. The van der Waals surface area contributed by atoms with Crippen molar-refractivity contribution in [3.8, 4) is 0 Å². The molecule has 0 unspecified atom stereocenters. The lowest BCUT2D eigenvalue weighted by atomic mass is 10.2. The van der Waals surface area contributed by atoms with Crippen LogP contribution in [0.3, 0.4) is 0 Å². The second-order valence-electron chi connectivity index (χ2n) is 8.53. The van der Waals surface area contributed by atoms with E-state index < -0.39 is 15.6 Å². The number of carbonyl (C=O) groups excluding carboxylic acids is 1. The minimum Gasteiger partial charge on any atom is -0.444 e. The third-order valence-electron chi connectivity index (χ3n) is 4.08. The summed E-state index contributed by atoms with van der Waals surface area (Å²) in [5.41, 5.74) is -0.501. The monoisotopic (exact) mass is 449 g/mol. The molecule has 0 aliphatic carbocycles. The molecule has 1 fully saturated rings. The number of aromatic nitrogens is 2. The first kappa shape index (κ1) is 21.6. The molecule has 1 amide bonds. The molecule has 0 N–H and O–H groups in total. The molecule has 1 aromatic heterocycles. The molecule has 0 aromatic carbocycles. The third-order valence-corrected chi connectivity index (χ3v) is 6.10. The molecule has 2 rings (SSSR count). The van der Waals surface area contributed by atoms with Crippen LogP contribution in [0.4, 0.5) is 4.79 Å². The van der Waals surface area contributed by atoms with Crippen LogP contribution < -0.4 is 0 Å². The highest BCUT2D eigenvalue weighted by Crippen LogP contribution is 2.35. The maximum atomic E-state index is 12.6. The van der Waals surface area contributed by atoms with Crippen LogP contribution in [-0.2, 0) is 16.2 Å². The second kappa shape index (κ2) is 8.52. The number of carbonyl (C=O) groups is 1. The van der Waals surface area contributed by atoms with E-state index in [1.165, 1.54) is 0 Å². The average molecular weight is 450 g/mol. The summed E-state index contributed by atoms with van der Waals surface area (Å²) in [4.78, 5) is 18.9. The van der Waals surface area contributed by atoms with Crippen molar-refractivity contribution in [2.75, 3.05) is 37.7 Å². The van der Waals surface area contributed by atoms with Gasteiger partial charge in [0.25, 0.3) is 0 Å². The van der Waals surface area contributed by atoms with Gasteiger partial charge in [0.05, 0.1) is 18.8 Å². The minimum absolute atomic E-state index is 0.0759. The molecule has 1 aromatic rings. The number of ether oxygens (including phenoxy) is 2. The molecule has 150 valence electrons. The van der Waals surface area contributed by atoms with Crippen molar-refractivity contribution in [3.63, 3.8) is 0 Å². The Hall–Kier alpha value is -0.730. The van der Waals surface area contributed by atoms with Crippen molar-refractivity contribution in [2.24, 2.45) is 0 Å². The highest BCUT2D eigenvalue weighted by molar-refractivity contribution is 9.10. The number of likely N-dealkylation sites (tertiary alicyclic amines) is 1. The van der Waals surface area contributed by atoms with Gasteiger partial charge in [0.15, 0.2) is 0 Å². The Labute approximate surface area is 167 Å². The van der Waals surface area contributed by atoms with Gasteiger partial charge < -0.3 is 9.47 Å². The Balaban J connectivity index is 2.07. The zero-order valence-corrected chi connectivity index (χ0v) is 19.2. The zero-order valence-electron chi connectivity index (χ0n) is 16.7. The number of nitrogens with zero attached hydrogens (tertiary/aromatic N) is 3. The summed E-state index contributed by atoms with van der Waals surface area (Å²) in [5.74, 6) is 1.92. The van der Waals surface area contributed by atoms with Gasteiger partial charge in [-0.25, -0.2) is 19.8 Å². The zero-order chi connectivity index (χ0) is 19.5. The topological polar surface area (TPSA) is 56.6 Å². The van der Waals surface area contributed by atoms with E-state index in [0.717, 1.165) is 35.6 Å². The highest BCUT2D eigenvalue weighted by atomic mass is 79.9. The molecule has 0 radical (unpaired) electrons. The number of imidazole rings is 1. The van der Waals surface area contributed by atoms with Gasteiger partial charge >= 0.3 is 6.09 Å². The summed E-state index contributed by atoms with van der Waals surface area (Å²) in [6.45, 7) is 7.52. The Morgan fingerprint density at radius 3 is 2.69 bits per heavy atom. The Bertz CT molecular complexity index is 622. The first-order valence-corrected chi connectivity index (χ1v) is 12.7. The lowest BCUT2D eigenvalue weighted by Gasteiger charge is -2.29. The first-order valence-electron chi connectivity index (χ1n) is 8.92. The van der Waals surface area contributed by atoms with Crippen LogP contribution in [0.1, 0.15) is 45.5 Å². The number of hydrogen-bond donors (Lipinski definition) is 0. The van der Waals surface area contributed by atoms with Gasteiger partial charge in [-0.2, -0.15) is 0 Å². The normalized spacial score (nSPS) is 19.0. The van der Waals surface area contributed by atoms with E-state index in [0.29, 0.717) is 13.3 Å². The number of halogens is 1. The van der Waals surface area contributed by atoms with E-state index >= 15 is 0 Å². The summed E-state index contributed by atoms with van der Waals surface area (Å²) in [6.07, 6.45) is 10.2. The van der Waals surface area contributed by atoms with Crippen molar-refractivity contribution < 1.29 is 14.3 Å². The molecule has 0 saturated carbocycles. The summed E-state index contributed by atoms with van der Waals surface area (Å²) >= 11 is 3.55. The molecule has 1 saturated heterocycles. The molecule has 0 spiro atoms. The van der Waals surface area contributed by atoms with Gasteiger partial charge in [-0.1, -0.05) is 0 Å². The van der Waals surface area contributed by atoms with Crippen molar-refractivity contribution in [2.45, 2.75) is 52.0 Å². The lowest BCUT2D eigenvalue weighted by Crippen LogP contribution is -2.37. The van der Waals surface area contributed by atoms with Crippen LogP contribution in [0.25, 0.3) is 0 Å². The molecule has 6 nitrogen and oxygen atoms in total. The smallest absolute Gasteiger partial charge is 0.410 e. The quantitative estimate of drug-likeness (QED) is 0.604. The SMILES string of the molecule is CC(C)(C)OC(=O)N1CCC[C@H]1c1ncc(Br)n1COCCS(C)(C)C. The summed E-state index contributed by atoms with van der Waals surface area (Å²) in [5, 5.41) is 0. The predicted octanol–water partition coefficient (Wildman–Crippen LogP) is 4.39. The molecular weight excluding hydrogens is 418 g/mol. The van der Waals surface area contributed by atoms with E-state index in [4.69, 9.17) is 9.47 Å². The standard InChI is InChI=1S/C18H32BrN3O3S/c1-18(2,3)25-17(23)21-9-7-8-14(21)16-20-12-15(19)22(16)13-24-10-11-26(4,5)6/h12,14H,7-11,13H2,1-6H3/t14-/m0/s1. The minimum atomic E-state index is -0.570. The Morgan fingerprint density at radius 2 is 2.08 bits per heavy atom. The van der Waals surface area contributed by atoms with Gasteiger partial charge in [0.2, 0.25) is 0 Å². The van der Waals surface area contributed by atoms with E-state index in [2.05, 4.69) is 39.7 Å². The van der Waals surface area contributed by atoms with E-state index in [1.807, 2.05) is 25.3 Å². The van der Waals surface area contributed by atoms with Gasteiger partial charge in [-0.05, 0) is 68.3 Å². The first-order chi connectivity index (χ1) is 12.0. The highest BCUT2D eigenvalue weighted by Gasteiger charge is 2.36. The van der Waals surface area contributed by atoms with Crippen molar-refractivity contribution in [3.05, 3.63) is 16.6 Å². The third kappa shape index (κ3) is 6.16. The molecule has 8 heteroatoms. The van der Waals surface area contributed by atoms with Crippen LogP contribution in [0.2, 0.25) is 0 Å². The van der Waals surface area contributed by atoms with Crippen LogP contribution >= 0.6 is 26.0 Å². The Morgan fingerprint density at radius 1 is 1.38 bits per heavy atom. The van der Waals surface area contributed by atoms with Crippen LogP contribution in [0.5, 0.6) is 0 Å². The van der Waals surface area contributed by atoms with Crippen molar-refractivity contribution >= 4 is 32.1 Å². The van der Waals surface area contributed by atoms with Crippen molar-refractivity contribution in [1.29, 1.82) is 0 Å². The fourth-order valence-electron chi connectivity index (χ4n) is 2.80. The molecule has 2 heterocycles. The number of hydrogen-bond acceptors (Lipinski definition) is 4. The molecule has 0 bridgehead atoms. The lowest BCUT2D eigenvalue weighted by molar-refractivity contribution is 0.0204. The van der Waals surface area contributed by atoms with E-state index in [9.17, 15) is 4.79 Å². The van der Waals surface area contributed by atoms with E-state index in [1.54, 1.807) is 11.1 Å². The average Bonchev–Trinajstić information content (AvgIpc) is 3.07. The van der Waals surface area contributed by atoms with Crippen LogP contribution in [0.15, 0.2) is 10.8 Å².